The van der Waals surface area contributed by atoms with E-state index in [2.05, 4.69) is 10.3 Å². The number of halogens is 1. The van der Waals surface area contributed by atoms with Gasteiger partial charge in [0, 0.05) is 19.5 Å². The van der Waals surface area contributed by atoms with Gasteiger partial charge in [-0.3, -0.25) is 14.5 Å². The van der Waals surface area contributed by atoms with E-state index in [-0.39, 0.29) is 24.1 Å². The van der Waals surface area contributed by atoms with Gasteiger partial charge in [0.1, 0.15) is 11.1 Å². The van der Waals surface area contributed by atoms with Crippen LogP contribution in [0, 0.1) is 5.82 Å². The van der Waals surface area contributed by atoms with Gasteiger partial charge in [0.15, 0.2) is 16.7 Å². The Kier molecular flexibility index (Phi) is 8.10. The molecule has 1 saturated heterocycles. The number of nitrogens with zero attached hydrogens (tertiary/aromatic N) is 2. The second kappa shape index (κ2) is 11.0. The molecule has 0 saturated carbocycles. The Morgan fingerprint density at radius 2 is 1.88 bits per heavy atom. The minimum atomic E-state index is -0.550. The predicted octanol–water partition coefficient (Wildman–Crippen LogP) is 3.54. The molecule has 1 aliphatic heterocycles. The third kappa shape index (κ3) is 5.79. The number of methoxy groups -OCH3 is 2. The Hall–Kier alpha value is -3.07. The van der Waals surface area contributed by atoms with Gasteiger partial charge in [-0.25, -0.2) is 9.38 Å². The number of benzene rings is 2. The molecule has 0 aromatic heterocycles. The van der Waals surface area contributed by atoms with Crippen molar-refractivity contribution < 1.29 is 23.5 Å². The van der Waals surface area contributed by atoms with E-state index in [4.69, 9.17) is 9.47 Å². The summed E-state index contributed by atoms with van der Waals surface area (Å²) in [7, 11) is 3.15. The van der Waals surface area contributed by atoms with Crippen LogP contribution in [0.4, 0.5) is 10.1 Å². The molecule has 2 aromatic rings. The molecule has 1 unspecified atom stereocenters. The van der Waals surface area contributed by atoms with Crippen LogP contribution in [0.5, 0.6) is 11.5 Å². The summed E-state index contributed by atoms with van der Waals surface area (Å²) in [5, 5.41) is 2.68. The van der Waals surface area contributed by atoms with Gasteiger partial charge in [0.2, 0.25) is 11.8 Å². The van der Waals surface area contributed by atoms with E-state index in [9.17, 15) is 14.0 Å². The second-order valence-corrected chi connectivity index (χ2v) is 8.23. The van der Waals surface area contributed by atoms with Gasteiger partial charge in [-0.2, -0.15) is 0 Å². The molecule has 1 heterocycles. The molecule has 0 bridgehead atoms. The van der Waals surface area contributed by atoms with E-state index in [1.807, 2.05) is 25.1 Å². The van der Waals surface area contributed by atoms with E-state index in [0.717, 1.165) is 5.56 Å². The number of carbonyl (C=O) groups excluding carboxylic acids is 2. The van der Waals surface area contributed by atoms with Crippen LogP contribution in [-0.4, -0.2) is 54.4 Å². The Balaban J connectivity index is 1.81. The van der Waals surface area contributed by atoms with Gasteiger partial charge < -0.3 is 14.8 Å². The van der Waals surface area contributed by atoms with Crippen molar-refractivity contribution in [3.63, 3.8) is 0 Å². The van der Waals surface area contributed by atoms with Gasteiger partial charge in [0.25, 0.3) is 0 Å². The number of nitrogens with one attached hydrogen (secondary N) is 1. The third-order valence-corrected chi connectivity index (χ3v) is 6.06. The quantitative estimate of drug-likeness (QED) is 0.621. The number of hydrogen-bond donors (Lipinski definition) is 1. The number of amides is 2. The fourth-order valence-corrected chi connectivity index (χ4v) is 4.46. The number of rotatable bonds is 9. The number of amidine groups is 1. The maximum Gasteiger partial charge on any atom is 0.242 e. The zero-order chi connectivity index (χ0) is 23.1. The number of carbonyl (C=O) groups is 2. The lowest BCUT2D eigenvalue weighted by Gasteiger charge is -2.17. The van der Waals surface area contributed by atoms with Crippen molar-refractivity contribution in [2.75, 3.05) is 27.3 Å². The van der Waals surface area contributed by atoms with Crippen molar-refractivity contribution >= 4 is 34.4 Å². The highest BCUT2D eigenvalue weighted by molar-refractivity contribution is 8.15. The van der Waals surface area contributed by atoms with Crippen LogP contribution in [0.1, 0.15) is 18.9 Å². The first kappa shape index (κ1) is 23.6. The molecular weight excluding hydrogens is 433 g/mol. The summed E-state index contributed by atoms with van der Waals surface area (Å²) in [6.07, 6.45) is 0.635. The summed E-state index contributed by atoms with van der Waals surface area (Å²) in [5.74, 6) is 0.540. The normalized spacial score (nSPS) is 17.0. The van der Waals surface area contributed by atoms with Gasteiger partial charge in [-0.15, -0.1) is 0 Å². The Morgan fingerprint density at radius 3 is 2.53 bits per heavy atom. The lowest BCUT2D eigenvalue weighted by atomic mass is 10.1. The first-order chi connectivity index (χ1) is 15.4. The zero-order valence-corrected chi connectivity index (χ0v) is 19.1. The third-order valence-electron chi connectivity index (χ3n) is 4.89. The van der Waals surface area contributed by atoms with E-state index >= 15 is 0 Å². The number of ether oxygens (including phenoxy) is 2. The van der Waals surface area contributed by atoms with Crippen molar-refractivity contribution in [3.8, 4) is 11.5 Å². The molecule has 1 atom stereocenters. The molecule has 2 amide bonds. The van der Waals surface area contributed by atoms with Crippen molar-refractivity contribution in [1.29, 1.82) is 0 Å². The van der Waals surface area contributed by atoms with E-state index in [0.29, 0.717) is 41.9 Å². The maximum atomic E-state index is 13.3. The van der Waals surface area contributed by atoms with E-state index < -0.39 is 5.25 Å². The molecule has 0 radical (unpaired) electrons. The molecule has 2 aromatic carbocycles. The van der Waals surface area contributed by atoms with Crippen LogP contribution in [0.25, 0.3) is 0 Å². The summed E-state index contributed by atoms with van der Waals surface area (Å²) >= 11 is 1.26. The molecule has 32 heavy (non-hydrogen) atoms. The fraction of sp³-hybridized carbons (Fsp3) is 0.348. The maximum absolute atomic E-state index is 13.3. The van der Waals surface area contributed by atoms with Crippen molar-refractivity contribution in [1.82, 2.24) is 10.2 Å². The summed E-state index contributed by atoms with van der Waals surface area (Å²) in [6.45, 7) is 2.72. The average Bonchev–Trinajstić information content (AvgIpc) is 3.07. The Labute approximate surface area is 191 Å². The monoisotopic (exact) mass is 459 g/mol. The largest absolute Gasteiger partial charge is 0.493 e. The Morgan fingerprint density at radius 1 is 1.16 bits per heavy atom. The minimum absolute atomic E-state index is 0.0760. The average molecular weight is 460 g/mol. The molecule has 1 fully saturated rings. The van der Waals surface area contributed by atoms with Crippen LogP contribution < -0.4 is 14.8 Å². The zero-order valence-electron chi connectivity index (χ0n) is 18.3. The van der Waals surface area contributed by atoms with Crippen molar-refractivity contribution in [2.24, 2.45) is 4.99 Å². The minimum Gasteiger partial charge on any atom is -0.493 e. The lowest BCUT2D eigenvalue weighted by Crippen LogP contribution is -2.36. The molecule has 7 nitrogen and oxygen atoms in total. The standard InChI is InChI=1S/C23H26FN3O4S/c1-4-25-21(28)14-20-22(29)27(23(32-20)26-17-8-6-16(24)7-9-17)12-11-15-5-10-18(30-2)19(13-15)31-3/h5-10,13,20H,4,11-12,14H2,1-3H3,(H,25,28). The SMILES string of the molecule is CCNC(=O)CC1SC(=Nc2ccc(F)cc2)N(CCc2ccc(OC)c(OC)c2)C1=O. The van der Waals surface area contributed by atoms with Crippen LogP contribution in [0.15, 0.2) is 47.5 Å². The molecule has 0 spiro atoms. The summed E-state index contributed by atoms with van der Waals surface area (Å²) in [5.41, 5.74) is 1.50. The molecule has 170 valence electrons. The highest BCUT2D eigenvalue weighted by atomic mass is 32.2. The van der Waals surface area contributed by atoms with Gasteiger partial charge in [0.05, 0.1) is 19.9 Å². The fourth-order valence-electron chi connectivity index (χ4n) is 3.27. The summed E-state index contributed by atoms with van der Waals surface area (Å²) in [4.78, 5) is 31.3. The molecule has 3 rings (SSSR count). The smallest absolute Gasteiger partial charge is 0.242 e. The molecule has 0 aliphatic carbocycles. The predicted molar refractivity (Wildman–Crippen MR) is 123 cm³/mol. The van der Waals surface area contributed by atoms with Crippen molar-refractivity contribution in [2.45, 2.75) is 25.0 Å². The van der Waals surface area contributed by atoms with E-state index in [1.54, 1.807) is 31.3 Å². The molecule has 1 N–H and O–H groups in total. The van der Waals surface area contributed by atoms with E-state index in [1.165, 1.54) is 23.9 Å². The van der Waals surface area contributed by atoms with Gasteiger partial charge in [-0.05, 0) is 55.3 Å². The summed E-state index contributed by atoms with van der Waals surface area (Å²) in [6, 6.07) is 11.4. The van der Waals surface area contributed by atoms with Gasteiger partial charge in [-0.1, -0.05) is 17.8 Å². The first-order valence-electron chi connectivity index (χ1n) is 10.2. The highest BCUT2D eigenvalue weighted by Gasteiger charge is 2.38. The lowest BCUT2D eigenvalue weighted by molar-refractivity contribution is -0.129. The van der Waals surface area contributed by atoms with Gasteiger partial charge >= 0.3 is 0 Å². The van der Waals surface area contributed by atoms with Crippen LogP contribution >= 0.6 is 11.8 Å². The topological polar surface area (TPSA) is 80.2 Å². The number of thioether (sulfide) groups is 1. The molecule has 9 heteroatoms. The number of hydrogen-bond acceptors (Lipinski definition) is 6. The van der Waals surface area contributed by atoms with Crippen LogP contribution in [0.2, 0.25) is 0 Å². The Bertz CT molecular complexity index is 997. The molecule has 1 aliphatic rings. The van der Waals surface area contributed by atoms with Crippen LogP contribution in [0.3, 0.4) is 0 Å². The highest BCUT2D eigenvalue weighted by Crippen LogP contribution is 2.33. The molecular formula is C23H26FN3O4S. The van der Waals surface area contributed by atoms with Crippen molar-refractivity contribution in [3.05, 3.63) is 53.8 Å². The van der Waals surface area contributed by atoms with Crippen LogP contribution in [-0.2, 0) is 16.0 Å². The first-order valence-corrected chi connectivity index (χ1v) is 11.1. The number of aliphatic imine (C=N–C) groups is 1. The summed E-state index contributed by atoms with van der Waals surface area (Å²) < 4.78 is 23.9. The second-order valence-electron chi connectivity index (χ2n) is 7.06.